The summed E-state index contributed by atoms with van der Waals surface area (Å²) in [6, 6.07) is 0. The van der Waals surface area contributed by atoms with E-state index >= 15 is 0 Å². The number of pyridine rings is 1. The first-order valence-electron chi connectivity index (χ1n) is 6.54. The number of carbonyl (C=O) groups excluding carboxylic acids is 1. The first kappa shape index (κ1) is 15.1. The number of fused-ring (bicyclic) bond motifs is 1. The van der Waals surface area contributed by atoms with Gasteiger partial charge in [0.25, 0.3) is 5.56 Å². The summed E-state index contributed by atoms with van der Waals surface area (Å²) in [6.07, 6.45) is 2.06. The Morgan fingerprint density at radius 2 is 2.00 bits per heavy atom. The monoisotopic (exact) mass is 342 g/mol. The van der Waals surface area contributed by atoms with Gasteiger partial charge in [-0.2, -0.15) is 0 Å². The van der Waals surface area contributed by atoms with Gasteiger partial charge in [0.2, 0.25) is 0 Å². The lowest BCUT2D eigenvalue weighted by Crippen LogP contribution is -2.42. The van der Waals surface area contributed by atoms with Gasteiger partial charge >= 0.3 is 6.09 Å². The van der Waals surface area contributed by atoms with Crippen LogP contribution in [0.1, 0.15) is 31.9 Å². The number of aromatic nitrogens is 1. The summed E-state index contributed by atoms with van der Waals surface area (Å²) >= 11 is 3.48. The summed E-state index contributed by atoms with van der Waals surface area (Å²) in [5.41, 5.74) is 1.07. The molecular weight excluding hydrogens is 324 g/mol. The van der Waals surface area contributed by atoms with Gasteiger partial charge in [0.1, 0.15) is 5.60 Å². The van der Waals surface area contributed by atoms with E-state index in [9.17, 15) is 9.59 Å². The Hall–Kier alpha value is -1.30. The number of hydrogen-bond donors (Lipinski definition) is 0. The van der Waals surface area contributed by atoms with Gasteiger partial charge < -0.3 is 14.2 Å². The number of nitrogens with zero attached hydrogens (tertiary/aromatic N) is 2. The van der Waals surface area contributed by atoms with Crippen molar-refractivity contribution in [1.29, 1.82) is 0 Å². The zero-order valence-corrected chi connectivity index (χ0v) is 13.8. The summed E-state index contributed by atoms with van der Waals surface area (Å²) < 4.78 is 7.80. The van der Waals surface area contributed by atoms with Crippen LogP contribution >= 0.6 is 15.9 Å². The van der Waals surface area contributed by atoms with Crippen LogP contribution in [0.4, 0.5) is 4.79 Å². The van der Waals surface area contributed by atoms with Gasteiger partial charge in [0.05, 0.1) is 6.54 Å². The fourth-order valence-electron chi connectivity index (χ4n) is 2.23. The highest BCUT2D eigenvalue weighted by Gasteiger charge is 2.28. The second-order valence-corrected chi connectivity index (χ2v) is 6.86. The first-order valence-corrected chi connectivity index (χ1v) is 7.33. The molecule has 6 heteroatoms. The number of hydrogen-bond acceptors (Lipinski definition) is 3. The predicted molar refractivity (Wildman–Crippen MR) is 79.7 cm³/mol. The molecule has 2 heterocycles. The summed E-state index contributed by atoms with van der Waals surface area (Å²) in [6.45, 7) is 6.36. The van der Waals surface area contributed by atoms with Crippen molar-refractivity contribution in [1.82, 2.24) is 9.47 Å². The van der Waals surface area contributed by atoms with Crippen LogP contribution in [0.2, 0.25) is 0 Å². The largest absolute Gasteiger partial charge is 0.444 e. The molecule has 0 N–H and O–H groups in total. The molecular formula is C14H19BrN2O3. The third-order valence-corrected chi connectivity index (χ3v) is 3.85. The lowest BCUT2D eigenvalue weighted by molar-refractivity contribution is 0.0222. The lowest BCUT2D eigenvalue weighted by atomic mass is 10.0. The van der Waals surface area contributed by atoms with Gasteiger partial charge in [-0.15, -0.1) is 0 Å². The van der Waals surface area contributed by atoms with Gasteiger partial charge in [-0.05, 0) is 48.7 Å². The summed E-state index contributed by atoms with van der Waals surface area (Å²) in [5.74, 6) is 0. The van der Waals surface area contributed by atoms with Crippen LogP contribution in [0.25, 0.3) is 0 Å². The summed E-state index contributed by atoms with van der Waals surface area (Å²) in [7, 11) is 1.71. The van der Waals surface area contributed by atoms with Gasteiger partial charge in [-0.25, -0.2) is 4.79 Å². The number of amides is 1. The molecule has 0 radical (unpaired) electrons. The maximum atomic E-state index is 12.2. The molecule has 0 aromatic carbocycles. The molecule has 0 unspecified atom stereocenters. The molecule has 20 heavy (non-hydrogen) atoms. The molecule has 1 aliphatic rings. The second-order valence-electron chi connectivity index (χ2n) is 6.00. The molecule has 110 valence electrons. The Morgan fingerprint density at radius 3 is 2.60 bits per heavy atom. The van der Waals surface area contributed by atoms with Crippen LogP contribution in [0, 0.1) is 0 Å². The Balaban J connectivity index is 2.27. The van der Waals surface area contributed by atoms with Crippen LogP contribution < -0.4 is 5.56 Å². The minimum absolute atomic E-state index is 0.0588. The Bertz CT molecular complexity index is 602. The van der Waals surface area contributed by atoms with Gasteiger partial charge in [-0.1, -0.05) is 0 Å². The Labute approximate surface area is 126 Å². The van der Waals surface area contributed by atoms with E-state index in [-0.39, 0.29) is 11.7 Å². The lowest BCUT2D eigenvalue weighted by Gasteiger charge is -2.31. The second kappa shape index (κ2) is 5.24. The Kier molecular flexibility index (Phi) is 3.95. The molecule has 1 aromatic rings. The molecule has 0 aliphatic carbocycles. The minimum Gasteiger partial charge on any atom is -0.444 e. The number of aryl methyl sites for hydroxylation is 1. The molecule has 0 bridgehead atoms. The molecule has 1 aliphatic heterocycles. The van der Waals surface area contributed by atoms with Crippen LogP contribution in [0.5, 0.6) is 0 Å². The molecule has 0 spiro atoms. The van der Waals surface area contributed by atoms with E-state index in [0.29, 0.717) is 25.1 Å². The summed E-state index contributed by atoms with van der Waals surface area (Å²) in [5, 5.41) is 0. The number of carbonyl (C=O) groups is 1. The maximum absolute atomic E-state index is 12.2. The van der Waals surface area contributed by atoms with Crippen molar-refractivity contribution in [3.8, 4) is 0 Å². The summed E-state index contributed by atoms with van der Waals surface area (Å²) in [4.78, 5) is 25.9. The highest BCUT2D eigenvalue weighted by molar-refractivity contribution is 9.10. The van der Waals surface area contributed by atoms with Crippen LogP contribution in [0.3, 0.4) is 0 Å². The van der Waals surface area contributed by atoms with E-state index in [1.165, 1.54) is 4.57 Å². The van der Waals surface area contributed by atoms with Crippen molar-refractivity contribution >= 4 is 22.0 Å². The highest BCUT2D eigenvalue weighted by Crippen LogP contribution is 2.24. The fourth-order valence-corrected chi connectivity index (χ4v) is 2.97. The topological polar surface area (TPSA) is 51.5 Å². The third kappa shape index (κ3) is 3.06. The average molecular weight is 343 g/mol. The van der Waals surface area contributed by atoms with Crippen LogP contribution in [-0.4, -0.2) is 27.7 Å². The normalized spacial score (nSPS) is 14.9. The van der Waals surface area contributed by atoms with E-state index in [0.717, 1.165) is 10.0 Å². The molecule has 0 saturated heterocycles. The molecule has 0 fully saturated rings. The van der Waals surface area contributed by atoms with Crippen molar-refractivity contribution in [2.24, 2.45) is 7.05 Å². The fraction of sp³-hybridized carbons (Fsp3) is 0.571. The van der Waals surface area contributed by atoms with Gasteiger partial charge in [0, 0.05) is 29.8 Å². The minimum atomic E-state index is -0.528. The molecule has 0 atom stereocenters. The SMILES string of the molecule is Cn1cc(Br)c2c(c1=O)CN(C(=O)OC(C)(C)C)CC2. The van der Waals surface area contributed by atoms with Crippen molar-refractivity contribution in [3.63, 3.8) is 0 Å². The van der Waals surface area contributed by atoms with Gasteiger partial charge in [0.15, 0.2) is 0 Å². The highest BCUT2D eigenvalue weighted by atomic mass is 79.9. The van der Waals surface area contributed by atoms with Crippen molar-refractivity contribution < 1.29 is 9.53 Å². The molecule has 2 rings (SSSR count). The molecule has 5 nitrogen and oxygen atoms in total. The molecule has 1 aromatic heterocycles. The molecule has 1 amide bonds. The smallest absolute Gasteiger partial charge is 0.410 e. The van der Waals surface area contributed by atoms with Crippen molar-refractivity contribution in [2.75, 3.05) is 6.54 Å². The number of halogens is 1. The van der Waals surface area contributed by atoms with Crippen LogP contribution in [0.15, 0.2) is 15.5 Å². The van der Waals surface area contributed by atoms with E-state index in [1.807, 2.05) is 20.8 Å². The average Bonchev–Trinajstić information content (AvgIpc) is 2.33. The van der Waals surface area contributed by atoms with E-state index in [1.54, 1.807) is 18.1 Å². The zero-order chi connectivity index (χ0) is 15.1. The standard InChI is InChI=1S/C14H19BrN2O3/c1-14(2,3)20-13(19)17-6-5-9-10(7-17)12(18)16(4)8-11(9)15/h8H,5-7H2,1-4H3. The van der Waals surface area contributed by atoms with Crippen LogP contribution in [-0.2, 0) is 24.8 Å². The Morgan fingerprint density at radius 1 is 1.35 bits per heavy atom. The number of rotatable bonds is 0. The van der Waals surface area contributed by atoms with Crippen molar-refractivity contribution in [3.05, 3.63) is 32.2 Å². The first-order chi connectivity index (χ1) is 9.19. The van der Waals surface area contributed by atoms with E-state index in [4.69, 9.17) is 4.74 Å². The van der Waals surface area contributed by atoms with Gasteiger partial charge in [-0.3, -0.25) is 4.79 Å². The maximum Gasteiger partial charge on any atom is 0.410 e. The predicted octanol–water partition coefficient (Wildman–Crippen LogP) is 2.44. The number of ether oxygens (including phenoxy) is 1. The van der Waals surface area contributed by atoms with E-state index in [2.05, 4.69) is 15.9 Å². The molecule has 0 saturated carbocycles. The zero-order valence-electron chi connectivity index (χ0n) is 12.2. The third-order valence-electron chi connectivity index (χ3n) is 3.17. The van der Waals surface area contributed by atoms with E-state index < -0.39 is 5.60 Å². The quantitative estimate of drug-likeness (QED) is 0.727. The van der Waals surface area contributed by atoms with Crippen molar-refractivity contribution in [2.45, 2.75) is 39.3 Å².